The predicted molar refractivity (Wildman–Crippen MR) is 74.4 cm³/mol. The van der Waals surface area contributed by atoms with E-state index in [1.807, 2.05) is 12.1 Å². The van der Waals surface area contributed by atoms with Gasteiger partial charge in [-0.1, -0.05) is 35.2 Å². The van der Waals surface area contributed by atoms with Crippen molar-refractivity contribution in [3.05, 3.63) is 27.7 Å². The second-order valence-corrected chi connectivity index (χ2v) is 5.82. The van der Waals surface area contributed by atoms with Crippen LogP contribution in [0.2, 0.25) is 0 Å². The minimum atomic E-state index is -0.211. The van der Waals surface area contributed by atoms with Crippen molar-refractivity contribution in [2.24, 2.45) is 5.73 Å². The van der Waals surface area contributed by atoms with Gasteiger partial charge in [-0.05, 0) is 37.5 Å². The molecule has 17 heavy (non-hydrogen) atoms. The van der Waals surface area contributed by atoms with Gasteiger partial charge in [-0.3, -0.25) is 0 Å². The lowest BCUT2D eigenvalue weighted by molar-refractivity contribution is 0.287. The van der Waals surface area contributed by atoms with E-state index in [1.54, 1.807) is 7.11 Å². The molecule has 0 aromatic heterocycles. The molecule has 1 fully saturated rings. The Hall–Kier alpha value is -0.540. The molecular weight excluding hydrogens is 278 g/mol. The number of hydrogen-bond acceptors (Lipinski definition) is 2. The fraction of sp³-hybridized carbons (Fsp3) is 0.571. The highest BCUT2D eigenvalue weighted by Crippen LogP contribution is 2.42. The Morgan fingerprint density at radius 1 is 1.24 bits per heavy atom. The van der Waals surface area contributed by atoms with Gasteiger partial charge < -0.3 is 10.5 Å². The Bertz CT molecular complexity index is 411. The first-order valence-corrected chi connectivity index (χ1v) is 7.00. The third-order valence-corrected chi connectivity index (χ3v) is 4.68. The van der Waals surface area contributed by atoms with Crippen molar-refractivity contribution in [2.75, 3.05) is 7.11 Å². The molecular formula is C14H20BrNO. The van der Waals surface area contributed by atoms with Crippen LogP contribution in [0.1, 0.15) is 43.2 Å². The molecule has 1 aliphatic rings. The van der Waals surface area contributed by atoms with E-state index in [2.05, 4.69) is 22.9 Å². The van der Waals surface area contributed by atoms with Crippen molar-refractivity contribution in [2.45, 2.75) is 44.6 Å². The zero-order valence-electron chi connectivity index (χ0n) is 10.6. The fourth-order valence-electron chi connectivity index (χ4n) is 2.88. The number of halogens is 1. The molecule has 0 spiro atoms. The molecule has 2 N–H and O–H groups in total. The van der Waals surface area contributed by atoms with Gasteiger partial charge in [0.2, 0.25) is 0 Å². The standard InChI is InChI=1S/C14H20BrNO/c1-10-11(15)6-7-12(17-2)13(10)14(16)8-4-3-5-9-14/h6-7H,3-5,8-9,16H2,1-2H3. The SMILES string of the molecule is COc1ccc(Br)c(C)c1C1(N)CCCCC1. The molecule has 0 unspecified atom stereocenters. The molecule has 1 aromatic carbocycles. The van der Waals surface area contributed by atoms with Gasteiger partial charge in [0.15, 0.2) is 0 Å². The maximum absolute atomic E-state index is 6.63. The zero-order chi connectivity index (χ0) is 12.5. The Morgan fingerprint density at radius 2 is 1.88 bits per heavy atom. The summed E-state index contributed by atoms with van der Waals surface area (Å²) in [5.41, 5.74) is 8.82. The molecule has 0 amide bonds. The monoisotopic (exact) mass is 297 g/mol. The van der Waals surface area contributed by atoms with E-state index in [1.165, 1.54) is 30.4 Å². The number of methoxy groups -OCH3 is 1. The zero-order valence-corrected chi connectivity index (χ0v) is 12.1. The Balaban J connectivity index is 2.51. The molecule has 0 aliphatic heterocycles. The van der Waals surface area contributed by atoms with Crippen LogP contribution in [0.15, 0.2) is 16.6 Å². The van der Waals surface area contributed by atoms with E-state index in [-0.39, 0.29) is 5.54 Å². The van der Waals surface area contributed by atoms with Crippen molar-refractivity contribution < 1.29 is 4.74 Å². The minimum Gasteiger partial charge on any atom is -0.496 e. The van der Waals surface area contributed by atoms with E-state index in [9.17, 15) is 0 Å². The van der Waals surface area contributed by atoms with Crippen LogP contribution in [0, 0.1) is 6.92 Å². The normalized spacial score (nSPS) is 19.1. The van der Waals surface area contributed by atoms with Gasteiger partial charge >= 0.3 is 0 Å². The molecule has 1 aromatic rings. The first kappa shape index (κ1) is 12.9. The molecule has 0 bridgehead atoms. The second kappa shape index (κ2) is 4.99. The van der Waals surface area contributed by atoms with E-state index < -0.39 is 0 Å². The van der Waals surface area contributed by atoms with Gasteiger partial charge in [-0.2, -0.15) is 0 Å². The first-order chi connectivity index (χ1) is 8.08. The van der Waals surface area contributed by atoms with Crippen molar-refractivity contribution in [1.82, 2.24) is 0 Å². The average molecular weight is 298 g/mol. The summed E-state index contributed by atoms with van der Waals surface area (Å²) in [6.07, 6.45) is 5.84. The van der Waals surface area contributed by atoms with Crippen molar-refractivity contribution in [3.63, 3.8) is 0 Å². The van der Waals surface area contributed by atoms with Gasteiger partial charge in [-0.25, -0.2) is 0 Å². The quantitative estimate of drug-likeness (QED) is 0.899. The van der Waals surface area contributed by atoms with Crippen molar-refractivity contribution in [1.29, 1.82) is 0 Å². The molecule has 3 heteroatoms. The number of hydrogen-bond donors (Lipinski definition) is 1. The highest BCUT2D eigenvalue weighted by Gasteiger charge is 2.33. The third kappa shape index (κ3) is 2.36. The highest BCUT2D eigenvalue weighted by molar-refractivity contribution is 9.10. The summed E-state index contributed by atoms with van der Waals surface area (Å²) < 4.78 is 6.61. The van der Waals surface area contributed by atoms with Crippen LogP contribution in [0.4, 0.5) is 0 Å². The van der Waals surface area contributed by atoms with Gasteiger partial charge in [0.25, 0.3) is 0 Å². The first-order valence-electron chi connectivity index (χ1n) is 6.21. The molecule has 1 aliphatic carbocycles. The van der Waals surface area contributed by atoms with Crippen molar-refractivity contribution >= 4 is 15.9 Å². The Morgan fingerprint density at radius 3 is 2.47 bits per heavy atom. The molecule has 0 atom stereocenters. The third-order valence-electron chi connectivity index (χ3n) is 3.82. The average Bonchev–Trinajstić information content (AvgIpc) is 2.33. The minimum absolute atomic E-state index is 0.211. The number of rotatable bonds is 2. The molecule has 0 heterocycles. The van der Waals surface area contributed by atoms with E-state index in [0.717, 1.165) is 23.1 Å². The lowest BCUT2D eigenvalue weighted by atomic mass is 9.75. The molecule has 1 saturated carbocycles. The largest absolute Gasteiger partial charge is 0.496 e. The molecule has 2 rings (SSSR count). The molecule has 0 radical (unpaired) electrons. The van der Waals surface area contributed by atoms with Gasteiger partial charge in [0.1, 0.15) is 5.75 Å². The highest BCUT2D eigenvalue weighted by atomic mass is 79.9. The molecule has 94 valence electrons. The van der Waals surface area contributed by atoms with Crippen molar-refractivity contribution in [3.8, 4) is 5.75 Å². The van der Waals surface area contributed by atoms with Crippen LogP contribution in [-0.4, -0.2) is 7.11 Å². The predicted octanol–water partition coefficient (Wildman–Crippen LogP) is 3.88. The van der Waals surface area contributed by atoms with Crippen LogP contribution < -0.4 is 10.5 Å². The summed E-state index contributed by atoms with van der Waals surface area (Å²) in [5, 5.41) is 0. The van der Waals surface area contributed by atoms with E-state index in [0.29, 0.717) is 0 Å². The fourth-order valence-corrected chi connectivity index (χ4v) is 3.21. The summed E-state index contributed by atoms with van der Waals surface area (Å²) in [5.74, 6) is 0.926. The number of nitrogens with two attached hydrogens (primary N) is 1. The van der Waals surface area contributed by atoms with Crippen LogP contribution in [-0.2, 0) is 5.54 Å². The van der Waals surface area contributed by atoms with Crippen LogP contribution in [0.25, 0.3) is 0 Å². The summed E-state index contributed by atoms with van der Waals surface area (Å²) in [7, 11) is 1.72. The molecule has 2 nitrogen and oxygen atoms in total. The van der Waals surface area contributed by atoms with Gasteiger partial charge in [0.05, 0.1) is 7.11 Å². The lowest BCUT2D eigenvalue weighted by Crippen LogP contribution is -2.39. The summed E-state index contributed by atoms with van der Waals surface area (Å²) in [6.45, 7) is 2.12. The van der Waals surface area contributed by atoms with Crippen LogP contribution in [0.3, 0.4) is 0 Å². The molecule has 0 saturated heterocycles. The Kier molecular flexibility index (Phi) is 3.79. The second-order valence-electron chi connectivity index (χ2n) is 4.97. The maximum Gasteiger partial charge on any atom is 0.124 e. The lowest BCUT2D eigenvalue weighted by Gasteiger charge is -2.36. The maximum atomic E-state index is 6.63. The number of benzene rings is 1. The summed E-state index contributed by atoms with van der Waals surface area (Å²) >= 11 is 3.59. The number of ether oxygens (including phenoxy) is 1. The summed E-state index contributed by atoms with van der Waals surface area (Å²) in [4.78, 5) is 0. The summed E-state index contributed by atoms with van der Waals surface area (Å²) in [6, 6.07) is 4.04. The topological polar surface area (TPSA) is 35.2 Å². The van der Waals surface area contributed by atoms with E-state index in [4.69, 9.17) is 10.5 Å². The van der Waals surface area contributed by atoms with E-state index >= 15 is 0 Å². The smallest absolute Gasteiger partial charge is 0.124 e. The van der Waals surface area contributed by atoms with Crippen LogP contribution in [0.5, 0.6) is 5.75 Å². The Labute approximate surface area is 112 Å². The van der Waals surface area contributed by atoms with Gasteiger partial charge in [0, 0.05) is 15.6 Å². The van der Waals surface area contributed by atoms with Crippen LogP contribution >= 0.6 is 15.9 Å². The van der Waals surface area contributed by atoms with Gasteiger partial charge in [-0.15, -0.1) is 0 Å².